The van der Waals surface area contributed by atoms with Crippen LogP contribution in [0.15, 0.2) is 30.3 Å². The molecule has 0 bridgehead atoms. The molecule has 0 unspecified atom stereocenters. The number of nitrogens with zero attached hydrogens (tertiary/aromatic N) is 2. The minimum atomic E-state index is -0.293. The molecular weight excluding hydrogens is 247 g/mol. The molecule has 0 spiro atoms. The van der Waals surface area contributed by atoms with E-state index in [2.05, 4.69) is 15.7 Å². The Hall–Kier alpha value is -2.21. The molecule has 0 fully saturated rings. The van der Waals surface area contributed by atoms with Crippen molar-refractivity contribution >= 4 is 5.91 Å². The maximum Gasteiger partial charge on any atom is 0.269 e. The van der Waals surface area contributed by atoms with Crippen LogP contribution in [-0.4, -0.2) is 29.3 Å². The summed E-state index contributed by atoms with van der Waals surface area (Å²) in [5, 5.41) is 10.3. The van der Waals surface area contributed by atoms with Crippen molar-refractivity contribution in [3.8, 4) is 11.3 Å². The summed E-state index contributed by atoms with van der Waals surface area (Å²) in [5.74, 6) is -0.439. The third-order valence-corrected chi connectivity index (χ3v) is 3.19. The third kappa shape index (κ3) is 2.00. The van der Waals surface area contributed by atoms with Crippen LogP contribution in [0, 0.1) is 5.82 Å². The lowest BCUT2D eigenvalue weighted by Crippen LogP contribution is -2.44. The molecule has 0 aliphatic carbocycles. The van der Waals surface area contributed by atoms with Crippen LogP contribution >= 0.6 is 0 Å². The largest absolute Gasteiger partial charge is 0.347 e. The van der Waals surface area contributed by atoms with E-state index in [0.29, 0.717) is 17.9 Å². The Morgan fingerprint density at radius 3 is 2.84 bits per heavy atom. The molecule has 2 heterocycles. The zero-order chi connectivity index (χ0) is 13.4. The maximum absolute atomic E-state index is 12.9. The fraction of sp³-hybridized carbons (Fsp3) is 0.231. The number of carbonyl (C=O) groups is 1. The summed E-state index contributed by atoms with van der Waals surface area (Å²) in [5.41, 5.74) is 1.95. The van der Waals surface area contributed by atoms with Crippen LogP contribution in [0.1, 0.15) is 16.7 Å². The second kappa shape index (κ2) is 4.47. The summed E-state index contributed by atoms with van der Waals surface area (Å²) in [6, 6.07) is 7.77. The monoisotopic (exact) mass is 260 g/mol. The van der Waals surface area contributed by atoms with Gasteiger partial charge in [-0.15, -0.1) is 0 Å². The molecular formula is C13H13FN4O. The summed E-state index contributed by atoms with van der Waals surface area (Å²) in [4.78, 5) is 11.8. The maximum atomic E-state index is 12.9. The molecule has 98 valence electrons. The smallest absolute Gasteiger partial charge is 0.269 e. The number of likely N-dealkylation sites (N-methyl/N-ethyl adjacent to an activating group) is 1. The van der Waals surface area contributed by atoms with E-state index in [-0.39, 0.29) is 17.9 Å². The normalized spacial score (nSPS) is 18.0. The van der Waals surface area contributed by atoms with Crippen LogP contribution in [0.25, 0.3) is 11.3 Å². The molecule has 1 aliphatic rings. The Labute approximate surface area is 109 Å². The number of aromatic nitrogens is 2. The molecule has 2 aromatic rings. The van der Waals surface area contributed by atoms with E-state index in [1.165, 1.54) is 12.1 Å². The zero-order valence-corrected chi connectivity index (χ0v) is 10.4. The van der Waals surface area contributed by atoms with Crippen molar-refractivity contribution < 1.29 is 9.18 Å². The van der Waals surface area contributed by atoms with E-state index in [1.807, 2.05) is 7.05 Å². The third-order valence-electron chi connectivity index (χ3n) is 3.19. The van der Waals surface area contributed by atoms with Crippen molar-refractivity contribution in [3.05, 3.63) is 41.8 Å². The molecule has 5 nitrogen and oxygen atoms in total. The average molecular weight is 260 g/mol. The molecule has 19 heavy (non-hydrogen) atoms. The Kier molecular flexibility index (Phi) is 2.79. The first-order valence-electron chi connectivity index (χ1n) is 6.00. The Morgan fingerprint density at radius 2 is 2.16 bits per heavy atom. The Balaban J connectivity index is 2.05. The highest BCUT2D eigenvalue weighted by Crippen LogP contribution is 2.22. The van der Waals surface area contributed by atoms with E-state index in [0.717, 1.165) is 5.56 Å². The lowest BCUT2D eigenvalue weighted by molar-refractivity contribution is 0.0903. The Morgan fingerprint density at radius 1 is 1.42 bits per heavy atom. The van der Waals surface area contributed by atoms with Crippen LogP contribution in [0.5, 0.6) is 0 Å². The van der Waals surface area contributed by atoms with Gasteiger partial charge in [-0.3, -0.25) is 10.1 Å². The highest BCUT2D eigenvalue weighted by Gasteiger charge is 2.26. The number of carbonyl (C=O) groups excluding carboxylic acids is 1. The van der Waals surface area contributed by atoms with Gasteiger partial charge in [-0.1, -0.05) is 0 Å². The fourth-order valence-electron chi connectivity index (χ4n) is 2.15. The van der Waals surface area contributed by atoms with Gasteiger partial charge >= 0.3 is 0 Å². The summed E-state index contributed by atoms with van der Waals surface area (Å²) in [7, 11) is 1.81. The number of amides is 1. The van der Waals surface area contributed by atoms with Crippen molar-refractivity contribution in [1.82, 2.24) is 20.4 Å². The average Bonchev–Trinajstić information content (AvgIpc) is 2.86. The highest BCUT2D eigenvalue weighted by atomic mass is 19.1. The molecule has 1 aromatic heterocycles. The summed E-state index contributed by atoms with van der Waals surface area (Å²) in [6.07, 6.45) is -0.0677. The van der Waals surface area contributed by atoms with Crippen molar-refractivity contribution in [2.45, 2.75) is 6.17 Å². The minimum absolute atomic E-state index is 0.0677. The lowest BCUT2D eigenvalue weighted by Gasteiger charge is -2.23. The number of fused-ring (bicyclic) bond motifs is 1. The van der Waals surface area contributed by atoms with Crippen molar-refractivity contribution in [1.29, 1.82) is 0 Å². The SMILES string of the molecule is CN[C@@H]1CNC(=O)c2cc(-c3ccc(F)cc3)nn21. The van der Waals surface area contributed by atoms with Crippen molar-refractivity contribution in [3.63, 3.8) is 0 Å². The fourth-order valence-corrected chi connectivity index (χ4v) is 2.15. The van der Waals surface area contributed by atoms with E-state index in [9.17, 15) is 9.18 Å². The molecule has 3 rings (SSSR count). The van der Waals surface area contributed by atoms with Crippen molar-refractivity contribution in [2.24, 2.45) is 0 Å². The second-order valence-electron chi connectivity index (χ2n) is 4.38. The van der Waals surface area contributed by atoms with Gasteiger partial charge < -0.3 is 5.32 Å². The molecule has 2 N–H and O–H groups in total. The van der Waals surface area contributed by atoms with E-state index >= 15 is 0 Å². The molecule has 6 heteroatoms. The predicted molar refractivity (Wildman–Crippen MR) is 68.1 cm³/mol. The van der Waals surface area contributed by atoms with Gasteiger partial charge in [0.1, 0.15) is 17.7 Å². The first kappa shape index (κ1) is 11.9. The van der Waals surface area contributed by atoms with Gasteiger partial charge in [-0.2, -0.15) is 5.10 Å². The molecule has 1 atom stereocenters. The summed E-state index contributed by atoms with van der Waals surface area (Å²) in [6.45, 7) is 0.493. The number of rotatable bonds is 2. The van der Waals surface area contributed by atoms with Gasteiger partial charge in [0.25, 0.3) is 5.91 Å². The number of hydrogen-bond donors (Lipinski definition) is 2. The number of benzene rings is 1. The molecule has 1 aliphatic heterocycles. The number of hydrogen-bond acceptors (Lipinski definition) is 3. The van der Waals surface area contributed by atoms with Gasteiger partial charge in [0.2, 0.25) is 0 Å². The number of nitrogens with one attached hydrogen (secondary N) is 2. The van der Waals surface area contributed by atoms with Gasteiger partial charge in [-0.25, -0.2) is 9.07 Å². The van der Waals surface area contributed by atoms with E-state index in [4.69, 9.17) is 0 Å². The van der Waals surface area contributed by atoms with Crippen LogP contribution in [0.2, 0.25) is 0 Å². The minimum Gasteiger partial charge on any atom is -0.347 e. The molecule has 1 aromatic carbocycles. The molecule has 0 saturated carbocycles. The van der Waals surface area contributed by atoms with Crippen molar-refractivity contribution in [2.75, 3.05) is 13.6 Å². The topological polar surface area (TPSA) is 58.9 Å². The van der Waals surface area contributed by atoms with Gasteiger partial charge in [0.05, 0.1) is 12.2 Å². The first-order valence-corrected chi connectivity index (χ1v) is 6.00. The van der Waals surface area contributed by atoms with E-state index in [1.54, 1.807) is 22.9 Å². The van der Waals surface area contributed by atoms with Crippen LogP contribution in [0.4, 0.5) is 4.39 Å². The lowest BCUT2D eigenvalue weighted by atomic mass is 10.1. The van der Waals surface area contributed by atoms with Crippen LogP contribution in [0.3, 0.4) is 0 Å². The second-order valence-corrected chi connectivity index (χ2v) is 4.38. The van der Waals surface area contributed by atoms with Gasteiger partial charge in [0.15, 0.2) is 0 Å². The summed E-state index contributed by atoms with van der Waals surface area (Å²) >= 11 is 0. The molecule has 0 saturated heterocycles. The number of halogens is 1. The van der Waals surface area contributed by atoms with E-state index < -0.39 is 0 Å². The predicted octanol–water partition coefficient (Wildman–Crippen LogP) is 1.15. The first-order chi connectivity index (χ1) is 9.19. The quantitative estimate of drug-likeness (QED) is 0.851. The van der Waals surface area contributed by atoms with Crippen LogP contribution < -0.4 is 10.6 Å². The highest BCUT2D eigenvalue weighted by molar-refractivity contribution is 5.94. The Bertz CT molecular complexity index is 620. The zero-order valence-electron chi connectivity index (χ0n) is 10.4. The van der Waals surface area contributed by atoms with Crippen LogP contribution in [-0.2, 0) is 0 Å². The standard InChI is InChI=1S/C13H13FN4O/c1-15-12-7-16-13(19)11-6-10(17-18(11)12)8-2-4-9(14)5-3-8/h2-6,12,15H,7H2,1H3,(H,16,19)/t12-/m0/s1. The van der Waals surface area contributed by atoms with Gasteiger partial charge in [-0.05, 0) is 37.4 Å². The molecule has 1 amide bonds. The molecule has 0 radical (unpaired) electrons. The summed E-state index contributed by atoms with van der Waals surface area (Å²) < 4.78 is 14.6. The van der Waals surface area contributed by atoms with Gasteiger partial charge in [0, 0.05) is 5.56 Å².